The molecule has 3 saturated heterocycles. The van der Waals surface area contributed by atoms with Crippen molar-refractivity contribution in [1.82, 2.24) is 5.32 Å². The first kappa shape index (κ1) is 88.4. The van der Waals surface area contributed by atoms with E-state index >= 15 is 0 Å². The quantitative estimate of drug-likeness (QED) is 0.0199. The van der Waals surface area contributed by atoms with Gasteiger partial charge in [-0.1, -0.05) is 264 Å². The van der Waals surface area contributed by atoms with E-state index in [1.165, 1.54) is 96.3 Å². The summed E-state index contributed by atoms with van der Waals surface area (Å²) in [6, 6.07) is -0.994. The minimum atomic E-state index is -1.99. The van der Waals surface area contributed by atoms with Gasteiger partial charge in [0, 0.05) is 6.42 Å². The first-order valence-corrected chi connectivity index (χ1v) is 37.8. The van der Waals surface area contributed by atoms with Crippen LogP contribution in [0.5, 0.6) is 0 Å². The van der Waals surface area contributed by atoms with E-state index in [1.54, 1.807) is 6.08 Å². The maximum Gasteiger partial charge on any atom is 0.220 e. The predicted octanol–water partition coefficient (Wildman–Crippen LogP) is 11.6. The van der Waals surface area contributed by atoms with Crippen molar-refractivity contribution in [2.75, 3.05) is 26.4 Å². The summed E-state index contributed by atoms with van der Waals surface area (Å²) >= 11 is 0. The highest BCUT2D eigenvalue weighted by Gasteiger charge is 2.53. The Morgan fingerprint density at radius 3 is 1.10 bits per heavy atom. The van der Waals surface area contributed by atoms with E-state index in [2.05, 4.69) is 129 Å². The SMILES string of the molecule is CC/C=C\C/C=C\C/C=C\C/C=C\C/C=C\C/C=C\C/C=C\C/C=C\C/C=C\CCCCCCCC(=O)NC(COC1OC(CO)C(OC2OC(CO)C(OC3OC(CO)C(O)C(O)C3O)C(O)C2O)C(O)C1O)C(O)/C=C/CCCCCCCCCCCCCCCCCCCC. The van der Waals surface area contributed by atoms with Crippen LogP contribution in [0.3, 0.4) is 0 Å². The molecule has 17 atom stereocenters. The van der Waals surface area contributed by atoms with Crippen LogP contribution in [0, 0.1) is 0 Å². The van der Waals surface area contributed by atoms with Crippen molar-refractivity contribution in [2.45, 2.75) is 343 Å². The molecule has 0 saturated carbocycles. The zero-order valence-corrected chi connectivity index (χ0v) is 59.7. The highest BCUT2D eigenvalue weighted by Crippen LogP contribution is 2.33. The third kappa shape index (κ3) is 39.0. The van der Waals surface area contributed by atoms with Gasteiger partial charge in [0.15, 0.2) is 18.9 Å². The molecular weight excluding hydrogens is 1250 g/mol. The largest absolute Gasteiger partial charge is 0.394 e. The third-order valence-electron chi connectivity index (χ3n) is 18.0. The molecule has 3 heterocycles. The average molecular weight is 1380 g/mol. The molecule has 3 rings (SSSR count). The molecule has 19 heteroatoms. The number of aliphatic hydroxyl groups is 11. The van der Waals surface area contributed by atoms with Gasteiger partial charge in [-0.25, -0.2) is 0 Å². The normalized spacial score (nSPS) is 27.5. The molecule has 0 radical (unpaired) electrons. The van der Waals surface area contributed by atoms with Crippen LogP contribution in [-0.4, -0.2) is 193 Å². The molecule has 12 N–H and O–H groups in total. The highest BCUT2D eigenvalue weighted by atomic mass is 16.8. The number of allylic oxidation sites excluding steroid dienone is 19. The summed E-state index contributed by atoms with van der Waals surface area (Å²) in [7, 11) is 0. The molecule has 0 aromatic carbocycles. The zero-order valence-electron chi connectivity index (χ0n) is 59.7. The molecule has 0 aromatic rings. The molecule has 19 nitrogen and oxygen atoms in total. The summed E-state index contributed by atoms with van der Waals surface area (Å²) in [5.41, 5.74) is 0. The van der Waals surface area contributed by atoms with E-state index in [0.717, 1.165) is 116 Å². The number of aliphatic hydroxyl groups excluding tert-OH is 11. The number of unbranched alkanes of at least 4 members (excludes halogenated alkanes) is 23. The van der Waals surface area contributed by atoms with Crippen molar-refractivity contribution >= 4 is 5.91 Å². The Kier molecular flexibility index (Phi) is 52.9. The van der Waals surface area contributed by atoms with Crippen molar-refractivity contribution < 1.29 is 89.4 Å². The number of amides is 1. The average Bonchev–Trinajstić information content (AvgIpc) is 0.782. The molecule has 0 bridgehead atoms. The lowest BCUT2D eigenvalue weighted by molar-refractivity contribution is -0.379. The number of hydrogen-bond acceptors (Lipinski definition) is 18. The summed E-state index contributed by atoms with van der Waals surface area (Å²) < 4.78 is 34.4. The number of ether oxygens (including phenoxy) is 6. The van der Waals surface area contributed by atoms with Gasteiger partial charge < -0.3 is 89.9 Å². The molecular formula is C79H133NO18. The third-order valence-corrected chi connectivity index (χ3v) is 18.0. The zero-order chi connectivity index (χ0) is 71.1. The van der Waals surface area contributed by atoms with Crippen molar-refractivity contribution in [3.05, 3.63) is 122 Å². The van der Waals surface area contributed by atoms with E-state index in [4.69, 9.17) is 28.4 Å². The fraction of sp³-hybridized carbons (Fsp3) is 0.734. The van der Waals surface area contributed by atoms with Gasteiger partial charge in [0.05, 0.1) is 38.6 Å². The first-order chi connectivity index (χ1) is 47.8. The summed E-state index contributed by atoms with van der Waals surface area (Å²) in [5.74, 6) is -0.298. The minimum Gasteiger partial charge on any atom is -0.394 e. The predicted molar refractivity (Wildman–Crippen MR) is 387 cm³/mol. The molecule has 562 valence electrons. The standard InChI is InChI=1S/C79H133NO18/c1-3-5-7-9-11-13-15-17-19-21-23-25-26-27-28-29-30-31-32-33-34-35-36-37-39-41-43-45-47-49-51-53-55-57-67(85)80-62(63(84)56-54-52-50-48-46-44-42-40-38-24-22-20-18-16-14-12-10-8-6-4-2)61-93-77-73(91)70(88)75(65(59-82)95-77)98-79-74(92)71(89)76(66(60-83)96-79)97-78-72(90)69(87)68(86)64(58-81)94-78/h5,7,11,13,17,19,23,25,27-28,30-31,33-34,36-37,41,43,54,56,62-66,68-79,81-84,86-92H,3-4,6,8-10,12,14-16,18,20-22,24,26,29,32,35,38-40,42,44-53,55,57-61H2,1-2H3,(H,80,85)/b7-5-,13-11-,19-17-,25-23-,28-27-,31-30-,34-33-,37-36-,43-41-,56-54+. The van der Waals surface area contributed by atoms with Crippen LogP contribution in [0.2, 0.25) is 0 Å². The lowest BCUT2D eigenvalue weighted by atomic mass is 9.96. The molecule has 3 aliphatic rings. The minimum absolute atomic E-state index is 0.213. The Labute approximate surface area is 588 Å². The number of carbonyl (C=O) groups is 1. The number of carbonyl (C=O) groups excluding carboxylic acids is 1. The maximum absolute atomic E-state index is 13.4. The molecule has 0 aliphatic carbocycles. The van der Waals surface area contributed by atoms with Crippen LogP contribution in [0.15, 0.2) is 122 Å². The van der Waals surface area contributed by atoms with Crippen molar-refractivity contribution in [3.8, 4) is 0 Å². The van der Waals surface area contributed by atoms with E-state index in [9.17, 15) is 61.0 Å². The van der Waals surface area contributed by atoms with E-state index in [-0.39, 0.29) is 18.9 Å². The van der Waals surface area contributed by atoms with E-state index in [1.807, 2.05) is 6.08 Å². The maximum atomic E-state index is 13.4. The van der Waals surface area contributed by atoms with Gasteiger partial charge in [0.25, 0.3) is 0 Å². The second-order valence-corrected chi connectivity index (χ2v) is 26.4. The number of hydrogen-bond donors (Lipinski definition) is 12. The van der Waals surface area contributed by atoms with Gasteiger partial charge in [-0.05, 0) is 89.9 Å². The van der Waals surface area contributed by atoms with Crippen LogP contribution < -0.4 is 5.32 Å². The molecule has 0 aromatic heterocycles. The molecule has 17 unspecified atom stereocenters. The van der Waals surface area contributed by atoms with Gasteiger partial charge in [-0.3, -0.25) is 4.79 Å². The Balaban J connectivity index is 1.41. The Morgan fingerprint density at radius 2 is 0.704 bits per heavy atom. The topological polar surface area (TPSA) is 307 Å². The van der Waals surface area contributed by atoms with E-state index < -0.39 is 124 Å². The summed E-state index contributed by atoms with van der Waals surface area (Å²) in [6.45, 7) is 1.61. The van der Waals surface area contributed by atoms with Gasteiger partial charge in [0.2, 0.25) is 5.91 Å². The van der Waals surface area contributed by atoms with Crippen LogP contribution in [0.25, 0.3) is 0 Å². The number of nitrogens with one attached hydrogen (secondary N) is 1. The molecule has 3 fully saturated rings. The van der Waals surface area contributed by atoms with Crippen LogP contribution in [0.1, 0.15) is 239 Å². The van der Waals surface area contributed by atoms with Crippen molar-refractivity contribution in [1.29, 1.82) is 0 Å². The van der Waals surface area contributed by atoms with Gasteiger partial charge in [-0.15, -0.1) is 0 Å². The van der Waals surface area contributed by atoms with Crippen LogP contribution >= 0.6 is 0 Å². The van der Waals surface area contributed by atoms with Gasteiger partial charge >= 0.3 is 0 Å². The Bertz CT molecular complexity index is 2250. The van der Waals surface area contributed by atoms with Gasteiger partial charge in [0.1, 0.15) is 73.2 Å². The lowest BCUT2D eigenvalue weighted by Crippen LogP contribution is -2.66. The van der Waals surface area contributed by atoms with Crippen molar-refractivity contribution in [2.24, 2.45) is 0 Å². The highest BCUT2D eigenvalue weighted by molar-refractivity contribution is 5.76. The number of rotatable bonds is 57. The summed E-state index contributed by atoms with van der Waals surface area (Å²) in [6.07, 6.45) is 54.5. The molecule has 98 heavy (non-hydrogen) atoms. The second-order valence-electron chi connectivity index (χ2n) is 26.4. The molecule has 1 amide bonds. The second kappa shape index (κ2) is 58.7. The van der Waals surface area contributed by atoms with Crippen LogP contribution in [0.4, 0.5) is 0 Å². The smallest absolute Gasteiger partial charge is 0.220 e. The summed E-state index contributed by atoms with van der Waals surface area (Å²) in [5, 5.41) is 121. The van der Waals surface area contributed by atoms with Crippen LogP contribution in [-0.2, 0) is 33.2 Å². The first-order valence-electron chi connectivity index (χ1n) is 37.8. The molecule has 0 spiro atoms. The van der Waals surface area contributed by atoms with Gasteiger partial charge in [-0.2, -0.15) is 0 Å². The monoisotopic (exact) mass is 1380 g/mol. The molecule has 3 aliphatic heterocycles. The fourth-order valence-corrected chi connectivity index (χ4v) is 11.9. The van der Waals surface area contributed by atoms with E-state index in [0.29, 0.717) is 6.42 Å². The Hall–Kier alpha value is -3.81. The fourth-order valence-electron chi connectivity index (χ4n) is 11.9. The summed E-state index contributed by atoms with van der Waals surface area (Å²) in [4.78, 5) is 13.4. The van der Waals surface area contributed by atoms with Crippen molar-refractivity contribution in [3.63, 3.8) is 0 Å². The Morgan fingerprint density at radius 1 is 0.378 bits per heavy atom. The lowest BCUT2D eigenvalue weighted by Gasteiger charge is -2.48.